The van der Waals surface area contributed by atoms with Gasteiger partial charge in [0.1, 0.15) is 12.4 Å². The van der Waals surface area contributed by atoms with E-state index in [4.69, 9.17) is 0 Å². The highest BCUT2D eigenvalue weighted by molar-refractivity contribution is 5.90. The third-order valence-corrected chi connectivity index (χ3v) is 3.45. The van der Waals surface area contributed by atoms with E-state index < -0.39 is 11.7 Å². The number of nitrogens with one attached hydrogen (secondary N) is 1. The second-order valence-corrected chi connectivity index (χ2v) is 5.15. The van der Waals surface area contributed by atoms with E-state index in [1.54, 1.807) is 25.1 Å². The minimum absolute atomic E-state index is 0.235. The van der Waals surface area contributed by atoms with E-state index in [1.807, 2.05) is 12.1 Å². The molecule has 3 rings (SSSR count). The van der Waals surface area contributed by atoms with Gasteiger partial charge in [-0.3, -0.25) is 9.59 Å². The number of hydrogen-bond donors (Lipinski definition) is 1. The van der Waals surface area contributed by atoms with Crippen molar-refractivity contribution in [3.8, 4) is 0 Å². The standard InChI is InChI=1S/C17H14FN3O2/c1-11-14-7-2-3-8-15(14)17(23)21(20-11)10-16(22)19-13-6-4-5-12(18)9-13/h2-9H,10H2,1H3,(H,19,22). The van der Waals surface area contributed by atoms with Crippen molar-refractivity contribution in [3.63, 3.8) is 0 Å². The van der Waals surface area contributed by atoms with Crippen molar-refractivity contribution in [2.75, 3.05) is 5.32 Å². The molecule has 0 aliphatic heterocycles. The van der Waals surface area contributed by atoms with Crippen molar-refractivity contribution in [2.24, 2.45) is 0 Å². The topological polar surface area (TPSA) is 64.0 Å². The number of amides is 1. The molecule has 1 N–H and O–H groups in total. The zero-order chi connectivity index (χ0) is 16.4. The summed E-state index contributed by atoms with van der Waals surface area (Å²) in [5.41, 5.74) is 0.667. The van der Waals surface area contributed by atoms with Crippen molar-refractivity contribution in [1.29, 1.82) is 0 Å². The fraction of sp³-hybridized carbons (Fsp3) is 0.118. The van der Waals surface area contributed by atoms with Gasteiger partial charge in [-0.25, -0.2) is 9.07 Å². The molecule has 0 bridgehead atoms. The minimum Gasteiger partial charge on any atom is -0.324 e. The Morgan fingerprint density at radius 2 is 1.91 bits per heavy atom. The highest BCUT2D eigenvalue weighted by Gasteiger charge is 2.11. The highest BCUT2D eigenvalue weighted by atomic mass is 19.1. The summed E-state index contributed by atoms with van der Waals surface area (Å²) in [4.78, 5) is 24.4. The van der Waals surface area contributed by atoms with Gasteiger partial charge >= 0.3 is 0 Å². The number of halogens is 1. The fourth-order valence-corrected chi connectivity index (χ4v) is 2.41. The predicted octanol–water partition coefficient (Wildman–Crippen LogP) is 2.48. The molecule has 0 saturated carbocycles. The highest BCUT2D eigenvalue weighted by Crippen LogP contribution is 2.12. The summed E-state index contributed by atoms with van der Waals surface area (Å²) < 4.78 is 14.2. The van der Waals surface area contributed by atoms with Gasteiger partial charge in [-0.1, -0.05) is 24.3 Å². The maximum absolute atomic E-state index is 13.1. The summed E-state index contributed by atoms with van der Waals surface area (Å²) in [7, 11) is 0. The van der Waals surface area contributed by atoms with Crippen LogP contribution in [0.3, 0.4) is 0 Å². The van der Waals surface area contributed by atoms with Gasteiger partial charge in [-0.05, 0) is 31.2 Å². The largest absolute Gasteiger partial charge is 0.324 e. The van der Waals surface area contributed by atoms with Crippen LogP contribution in [-0.4, -0.2) is 15.7 Å². The van der Waals surface area contributed by atoms with Gasteiger partial charge < -0.3 is 5.32 Å². The van der Waals surface area contributed by atoms with Crippen LogP contribution in [0.4, 0.5) is 10.1 Å². The van der Waals surface area contributed by atoms with Crippen molar-refractivity contribution in [1.82, 2.24) is 9.78 Å². The van der Waals surface area contributed by atoms with Crippen LogP contribution in [0.2, 0.25) is 0 Å². The number of carbonyl (C=O) groups excluding carboxylic acids is 1. The van der Waals surface area contributed by atoms with Gasteiger partial charge in [-0.15, -0.1) is 0 Å². The second kappa shape index (κ2) is 6.00. The first kappa shape index (κ1) is 14.9. The SMILES string of the molecule is Cc1nn(CC(=O)Nc2cccc(F)c2)c(=O)c2ccccc12. The third kappa shape index (κ3) is 3.11. The molecule has 1 heterocycles. The van der Waals surface area contributed by atoms with Gasteiger partial charge in [0.05, 0.1) is 11.1 Å². The lowest BCUT2D eigenvalue weighted by Crippen LogP contribution is -2.30. The molecular formula is C17H14FN3O2. The normalized spacial score (nSPS) is 10.7. The molecule has 0 aliphatic carbocycles. The third-order valence-electron chi connectivity index (χ3n) is 3.45. The van der Waals surface area contributed by atoms with Crippen LogP contribution in [0.15, 0.2) is 53.3 Å². The lowest BCUT2D eigenvalue weighted by atomic mass is 10.1. The van der Waals surface area contributed by atoms with Gasteiger partial charge in [-0.2, -0.15) is 5.10 Å². The average molecular weight is 311 g/mol. The van der Waals surface area contributed by atoms with Crippen LogP contribution in [0.1, 0.15) is 5.69 Å². The van der Waals surface area contributed by atoms with Crippen LogP contribution in [0.5, 0.6) is 0 Å². The Labute approximate surface area is 131 Å². The number of carbonyl (C=O) groups is 1. The Hall–Kier alpha value is -3.02. The molecule has 1 aromatic heterocycles. The Bertz CT molecular complexity index is 950. The lowest BCUT2D eigenvalue weighted by Gasteiger charge is -2.09. The number of anilines is 1. The molecular weight excluding hydrogens is 297 g/mol. The number of nitrogens with zero attached hydrogens (tertiary/aromatic N) is 2. The Balaban J connectivity index is 1.88. The zero-order valence-corrected chi connectivity index (χ0v) is 12.4. The summed E-state index contributed by atoms with van der Waals surface area (Å²) in [6.45, 7) is 1.55. The molecule has 0 atom stereocenters. The first-order chi connectivity index (χ1) is 11.0. The van der Waals surface area contributed by atoms with Crippen LogP contribution in [0, 0.1) is 12.7 Å². The number of fused-ring (bicyclic) bond motifs is 1. The molecule has 1 amide bonds. The summed E-state index contributed by atoms with van der Waals surface area (Å²) in [5, 5.41) is 7.99. The minimum atomic E-state index is -0.445. The Morgan fingerprint density at radius 1 is 1.17 bits per heavy atom. The zero-order valence-electron chi connectivity index (χ0n) is 12.4. The molecule has 3 aromatic rings. The summed E-state index contributed by atoms with van der Waals surface area (Å²) in [6, 6.07) is 12.7. The van der Waals surface area contributed by atoms with Crippen LogP contribution >= 0.6 is 0 Å². The molecule has 0 aliphatic rings. The van der Waals surface area contributed by atoms with Crippen LogP contribution in [-0.2, 0) is 11.3 Å². The molecule has 0 unspecified atom stereocenters. The number of benzene rings is 2. The Kier molecular flexibility index (Phi) is 3.89. The quantitative estimate of drug-likeness (QED) is 0.808. The van der Waals surface area contributed by atoms with Gasteiger partial charge in [0.15, 0.2) is 0 Å². The summed E-state index contributed by atoms with van der Waals surface area (Å²) >= 11 is 0. The smallest absolute Gasteiger partial charge is 0.275 e. The molecule has 0 saturated heterocycles. The molecule has 6 heteroatoms. The molecule has 2 aromatic carbocycles. The fourth-order valence-electron chi connectivity index (χ4n) is 2.41. The lowest BCUT2D eigenvalue weighted by molar-refractivity contribution is -0.117. The van der Waals surface area contributed by atoms with E-state index >= 15 is 0 Å². The molecule has 5 nitrogen and oxygen atoms in total. The van der Waals surface area contributed by atoms with Crippen molar-refractivity contribution >= 4 is 22.4 Å². The van der Waals surface area contributed by atoms with Crippen LogP contribution < -0.4 is 10.9 Å². The second-order valence-electron chi connectivity index (χ2n) is 5.15. The summed E-state index contributed by atoms with van der Waals surface area (Å²) in [6.07, 6.45) is 0. The van der Waals surface area contributed by atoms with Crippen LogP contribution in [0.25, 0.3) is 10.8 Å². The monoisotopic (exact) mass is 311 g/mol. The Morgan fingerprint density at radius 3 is 2.65 bits per heavy atom. The van der Waals surface area contributed by atoms with Gasteiger partial charge in [0.25, 0.3) is 5.56 Å². The van der Waals surface area contributed by atoms with E-state index in [0.717, 1.165) is 10.1 Å². The predicted molar refractivity (Wildman–Crippen MR) is 85.8 cm³/mol. The molecule has 0 radical (unpaired) electrons. The maximum Gasteiger partial charge on any atom is 0.275 e. The van der Waals surface area contributed by atoms with E-state index in [0.29, 0.717) is 16.8 Å². The number of aryl methyl sites for hydroxylation is 1. The molecule has 116 valence electrons. The maximum atomic E-state index is 13.1. The molecule has 0 fully saturated rings. The number of aromatic nitrogens is 2. The average Bonchev–Trinajstić information content (AvgIpc) is 2.52. The first-order valence-electron chi connectivity index (χ1n) is 7.06. The number of rotatable bonds is 3. The first-order valence-corrected chi connectivity index (χ1v) is 7.06. The van der Waals surface area contributed by atoms with E-state index in [2.05, 4.69) is 10.4 Å². The van der Waals surface area contributed by atoms with Crippen molar-refractivity contribution in [2.45, 2.75) is 13.5 Å². The van der Waals surface area contributed by atoms with E-state index in [-0.39, 0.29) is 12.1 Å². The molecule has 23 heavy (non-hydrogen) atoms. The van der Waals surface area contributed by atoms with Crippen molar-refractivity contribution in [3.05, 3.63) is 70.4 Å². The molecule has 0 spiro atoms. The van der Waals surface area contributed by atoms with E-state index in [1.165, 1.54) is 18.2 Å². The summed E-state index contributed by atoms with van der Waals surface area (Å²) in [5.74, 6) is -0.889. The van der Waals surface area contributed by atoms with Gasteiger partial charge in [0, 0.05) is 11.1 Å². The van der Waals surface area contributed by atoms with Gasteiger partial charge in [0.2, 0.25) is 5.91 Å². The van der Waals surface area contributed by atoms with Crippen molar-refractivity contribution < 1.29 is 9.18 Å². The number of hydrogen-bond acceptors (Lipinski definition) is 3. The van der Waals surface area contributed by atoms with E-state index in [9.17, 15) is 14.0 Å².